The van der Waals surface area contributed by atoms with E-state index in [1.54, 1.807) is 0 Å². The number of carbonyl (C=O) groups excluding carboxylic acids is 1. The van der Waals surface area contributed by atoms with E-state index < -0.39 is 11.6 Å². The zero-order chi connectivity index (χ0) is 11.3. The Balaban J connectivity index is 2.60. The van der Waals surface area contributed by atoms with E-state index in [2.05, 4.69) is 21.2 Å². The maximum atomic E-state index is 13.1. The normalized spacial score (nSPS) is 10.1. The molecule has 0 fully saturated rings. The Kier molecular flexibility index (Phi) is 4.68. The molecule has 2 nitrogen and oxygen atoms in total. The summed E-state index contributed by atoms with van der Waals surface area (Å²) in [4.78, 5) is 11.2. The quantitative estimate of drug-likeness (QED) is 0.842. The lowest BCUT2D eigenvalue weighted by Gasteiger charge is -2.05. The molecule has 82 valence electrons. The van der Waals surface area contributed by atoms with Gasteiger partial charge >= 0.3 is 0 Å². The summed E-state index contributed by atoms with van der Waals surface area (Å²) in [6.45, 7) is 0. The zero-order valence-corrected chi connectivity index (χ0v) is 9.48. The summed E-state index contributed by atoms with van der Waals surface area (Å²) in [6.07, 6.45) is 0.983. The standard InChI is InChI=1S/C10H10BrF2NO/c11-5-1-2-10(15)14-9-4-3-7(12)6-8(9)13/h3-4,6H,1-2,5H2,(H,14,15). The molecule has 0 atom stereocenters. The van der Waals surface area contributed by atoms with Crippen LogP contribution in [0.1, 0.15) is 12.8 Å². The molecule has 1 aromatic rings. The number of nitrogens with one attached hydrogen (secondary N) is 1. The molecule has 0 spiro atoms. The summed E-state index contributed by atoms with van der Waals surface area (Å²) < 4.78 is 25.6. The van der Waals surface area contributed by atoms with Gasteiger partial charge in [0.05, 0.1) is 5.69 Å². The lowest BCUT2D eigenvalue weighted by molar-refractivity contribution is -0.116. The highest BCUT2D eigenvalue weighted by Gasteiger charge is 2.07. The van der Waals surface area contributed by atoms with Crippen LogP contribution in [0.5, 0.6) is 0 Å². The summed E-state index contributed by atoms with van der Waals surface area (Å²) in [5.74, 6) is -1.70. The number of hydrogen-bond donors (Lipinski definition) is 1. The number of benzene rings is 1. The van der Waals surface area contributed by atoms with E-state index in [0.717, 1.165) is 12.1 Å². The number of carbonyl (C=O) groups is 1. The summed E-state index contributed by atoms with van der Waals surface area (Å²) >= 11 is 3.18. The van der Waals surface area contributed by atoms with Crippen molar-refractivity contribution in [1.82, 2.24) is 0 Å². The summed E-state index contributed by atoms with van der Waals surface area (Å²) in [6, 6.07) is 3.04. The van der Waals surface area contributed by atoms with Crippen LogP contribution in [-0.2, 0) is 4.79 Å². The predicted molar refractivity (Wildman–Crippen MR) is 58.0 cm³/mol. The zero-order valence-electron chi connectivity index (χ0n) is 7.90. The Morgan fingerprint density at radius 2 is 2.13 bits per heavy atom. The molecule has 0 saturated carbocycles. The van der Waals surface area contributed by atoms with E-state index in [1.807, 2.05) is 0 Å². The van der Waals surface area contributed by atoms with E-state index in [4.69, 9.17) is 0 Å². The number of halogens is 3. The molecular weight excluding hydrogens is 268 g/mol. The molecule has 1 aromatic carbocycles. The molecular formula is C10H10BrF2NO. The molecule has 0 radical (unpaired) electrons. The molecule has 0 aliphatic heterocycles. The maximum absolute atomic E-state index is 13.1. The van der Waals surface area contributed by atoms with Crippen molar-refractivity contribution in [3.8, 4) is 0 Å². The average Bonchev–Trinajstić information content (AvgIpc) is 2.19. The highest BCUT2D eigenvalue weighted by molar-refractivity contribution is 9.09. The number of amides is 1. The van der Waals surface area contributed by atoms with Crippen molar-refractivity contribution in [2.24, 2.45) is 0 Å². The number of alkyl halides is 1. The first-order chi connectivity index (χ1) is 7.13. The maximum Gasteiger partial charge on any atom is 0.224 e. The van der Waals surface area contributed by atoms with Crippen LogP contribution in [-0.4, -0.2) is 11.2 Å². The van der Waals surface area contributed by atoms with Crippen LogP contribution < -0.4 is 5.32 Å². The SMILES string of the molecule is O=C(CCCBr)Nc1ccc(F)cc1F. The van der Waals surface area contributed by atoms with E-state index >= 15 is 0 Å². The van der Waals surface area contributed by atoms with Gasteiger partial charge in [0.25, 0.3) is 0 Å². The molecule has 0 aliphatic carbocycles. The van der Waals surface area contributed by atoms with Gasteiger partial charge in [0, 0.05) is 17.8 Å². The first-order valence-electron chi connectivity index (χ1n) is 4.44. The Hall–Kier alpha value is -0.970. The largest absolute Gasteiger partial charge is 0.324 e. The Morgan fingerprint density at radius 1 is 1.40 bits per heavy atom. The number of anilines is 1. The van der Waals surface area contributed by atoms with E-state index in [-0.39, 0.29) is 11.6 Å². The average molecular weight is 278 g/mol. The van der Waals surface area contributed by atoms with Crippen molar-refractivity contribution in [3.63, 3.8) is 0 Å². The van der Waals surface area contributed by atoms with Gasteiger partial charge in [-0.25, -0.2) is 8.78 Å². The molecule has 1 rings (SSSR count). The molecule has 0 heterocycles. The fourth-order valence-electron chi connectivity index (χ4n) is 1.03. The molecule has 0 aliphatic rings. The minimum atomic E-state index is -0.762. The molecule has 0 saturated heterocycles. The Bertz CT molecular complexity index is 357. The van der Waals surface area contributed by atoms with Gasteiger partial charge in [-0.1, -0.05) is 15.9 Å². The minimum Gasteiger partial charge on any atom is -0.324 e. The molecule has 0 unspecified atom stereocenters. The van der Waals surface area contributed by atoms with Crippen LogP contribution in [0.4, 0.5) is 14.5 Å². The van der Waals surface area contributed by atoms with Gasteiger partial charge in [-0.2, -0.15) is 0 Å². The smallest absolute Gasteiger partial charge is 0.224 e. The van der Waals surface area contributed by atoms with Gasteiger partial charge in [-0.05, 0) is 18.6 Å². The molecule has 5 heteroatoms. The lowest BCUT2D eigenvalue weighted by atomic mass is 10.2. The monoisotopic (exact) mass is 277 g/mol. The van der Waals surface area contributed by atoms with Gasteiger partial charge in [0.2, 0.25) is 5.91 Å². The Labute approximate surface area is 94.8 Å². The van der Waals surface area contributed by atoms with Gasteiger partial charge < -0.3 is 5.32 Å². The Morgan fingerprint density at radius 3 is 2.73 bits per heavy atom. The van der Waals surface area contributed by atoms with Crippen molar-refractivity contribution in [2.75, 3.05) is 10.6 Å². The van der Waals surface area contributed by atoms with Gasteiger partial charge in [0.1, 0.15) is 11.6 Å². The summed E-state index contributed by atoms with van der Waals surface area (Å²) in [5, 5.41) is 3.09. The molecule has 0 aromatic heterocycles. The molecule has 1 amide bonds. The van der Waals surface area contributed by atoms with E-state index in [0.29, 0.717) is 18.2 Å². The lowest BCUT2D eigenvalue weighted by Crippen LogP contribution is -2.12. The summed E-state index contributed by atoms with van der Waals surface area (Å²) in [5.41, 5.74) is 0.0102. The van der Waals surface area contributed by atoms with E-state index in [1.165, 1.54) is 6.07 Å². The van der Waals surface area contributed by atoms with Crippen molar-refractivity contribution in [3.05, 3.63) is 29.8 Å². The second kappa shape index (κ2) is 5.80. The molecule has 0 bridgehead atoms. The first-order valence-corrected chi connectivity index (χ1v) is 5.56. The second-order valence-corrected chi connectivity index (χ2v) is 3.76. The highest BCUT2D eigenvalue weighted by Crippen LogP contribution is 2.15. The van der Waals surface area contributed by atoms with Crippen LogP contribution in [0.2, 0.25) is 0 Å². The fourth-order valence-corrected chi connectivity index (χ4v) is 1.31. The molecule has 1 N–H and O–H groups in total. The third kappa shape index (κ3) is 3.95. The van der Waals surface area contributed by atoms with Crippen LogP contribution >= 0.6 is 15.9 Å². The van der Waals surface area contributed by atoms with Crippen LogP contribution in [0, 0.1) is 11.6 Å². The minimum absolute atomic E-state index is 0.0102. The fraction of sp³-hybridized carbons (Fsp3) is 0.300. The van der Waals surface area contributed by atoms with Gasteiger partial charge in [-0.3, -0.25) is 4.79 Å². The van der Waals surface area contributed by atoms with Crippen LogP contribution in [0.25, 0.3) is 0 Å². The van der Waals surface area contributed by atoms with E-state index in [9.17, 15) is 13.6 Å². The van der Waals surface area contributed by atoms with Crippen molar-refractivity contribution in [2.45, 2.75) is 12.8 Å². The summed E-state index contributed by atoms with van der Waals surface area (Å²) in [7, 11) is 0. The van der Waals surface area contributed by atoms with Crippen LogP contribution in [0.15, 0.2) is 18.2 Å². The van der Waals surface area contributed by atoms with Crippen molar-refractivity contribution in [1.29, 1.82) is 0 Å². The van der Waals surface area contributed by atoms with Gasteiger partial charge in [-0.15, -0.1) is 0 Å². The topological polar surface area (TPSA) is 29.1 Å². The molecule has 15 heavy (non-hydrogen) atoms. The number of rotatable bonds is 4. The van der Waals surface area contributed by atoms with Crippen molar-refractivity contribution < 1.29 is 13.6 Å². The van der Waals surface area contributed by atoms with Gasteiger partial charge in [0.15, 0.2) is 0 Å². The van der Waals surface area contributed by atoms with Crippen LogP contribution in [0.3, 0.4) is 0 Å². The highest BCUT2D eigenvalue weighted by atomic mass is 79.9. The predicted octanol–water partition coefficient (Wildman–Crippen LogP) is 3.08. The second-order valence-electron chi connectivity index (χ2n) is 2.96. The van der Waals surface area contributed by atoms with Crippen molar-refractivity contribution >= 4 is 27.5 Å². The third-order valence-corrected chi connectivity index (χ3v) is 2.30. The number of hydrogen-bond acceptors (Lipinski definition) is 1. The third-order valence-electron chi connectivity index (χ3n) is 1.74. The first kappa shape index (κ1) is 12.1.